The first kappa shape index (κ1) is 15.5. The van der Waals surface area contributed by atoms with Crippen molar-refractivity contribution >= 4 is 5.69 Å². The quantitative estimate of drug-likeness (QED) is 0.836. The van der Waals surface area contributed by atoms with Crippen molar-refractivity contribution in [1.82, 2.24) is 5.32 Å². The number of benzene rings is 2. The van der Waals surface area contributed by atoms with E-state index in [-0.39, 0.29) is 5.82 Å². The van der Waals surface area contributed by atoms with Gasteiger partial charge in [-0.2, -0.15) is 0 Å². The highest BCUT2D eigenvalue weighted by atomic mass is 19.1. The van der Waals surface area contributed by atoms with E-state index in [1.807, 2.05) is 38.2 Å². The highest BCUT2D eigenvalue weighted by Gasteiger charge is 2.11. The molecule has 0 saturated heterocycles. The summed E-state index contributed by atoms with van der Waals surface area (Å²) in [5.74, 6) is -0.139. The number of hydrogen-bond donors (Lipinski definition) is 1. The fourth-order valence-corrected chi connectivity index (χ4v) is 2.39. The van der Waals surface area contributed by atoms with Gasteiger partial charge in [-0.05, 0) is 30.7 Å². The minimum atomic E-state index is -0.139. The van der Waals surface area contributed by atoms with Crippen molar-refractivity contribution in [2.24, 2.45) is 0 Å². The standard InChI is InChI=1S/C18H23FN2/c1-3-20-14-16-17(19)10-7-11-18(16)21(2)13-12-15-8-5-4-6-9-15/h4-11,20H,3,12-14H2,1-2H3. The Labute approximate surface area is 126 Å². The molecular weight excluding hydrogens is 263 g/mol. The van der Waals surface area contributed by atoms with Crippen LogP contribution in [0.3, 0.4) is 0 Å². The lowest BCUT2D eigenvalue weighted by molar-refractivity contribution is 0.592. The molecule has 3 heteroatoms. The van der Waals surface area contributed by atoms with Gasteiger partial charge < -0.3 is 10.2 Å². The van der Waals surface area contributed by atoms with Crippen LogP contribution < -0.4 is 10.2 Å². The molecule has 0 atom stereocenters. The molecule has 0 unspecified atom stereocenters. The number of likely N-dealkylation sites (N-methyl/N-ethyl adjacent to an activating group) is 1. The Morgan fingerprint density at radius 3 is 2.52 bits per heavy atom. The van der Waals surface area contributed by atoms with Gasteiger partial charge in [-0.3, -0.25) is 0 Å². The molecule has 0 bridgehead atoms. The maximum atomic E-state index is 14.0. The van der Waals surface area contributed by atoms with E-state index in [1.165, 1.54) is 11.6 Å². The van der Waals surface area contributed by atoms with Crippen molar-refractivity contribution < 1.29 is 4.39 Å². The van der Waals surface area contributed by atoms with Gasteiger partial charge in [0.15, 0.2) is 0 Å². The molecule has 0 aliphatic heterocycles. The molecule has 0 aromatic heterocycles. The van der Waals surface area contributed by atoms with Gasteiger partial charge in [-0.15, -0.1) is 0 Å². The molecule has 2 aromatic rings. The minimum Gasteiger partial charge on any atom is -0.374 e. The van der Waals surface area contributed by atoms with E-state index in [2.05, 4.69) is 22.3 Å². The third kappa shape index (κ3) is 4.30. The summed E-state index contributed by atoms with van der Waals surface area (Å²) in [5.41, 5.74) is 3.01. The molecule has 21 heavy (non-hydrogen) atoms. The third-order valence-electron chi connectivity index (χ3n) is 3.64. The van der Waals surface area contributed by atoms with Gasteiger partial charge in [-0.25, -0.2) is 4.39 Å². The Kier molecular flexibility index (Phi) is 5.76. The SMILES string of the molecule is CCNCc1c(F)cccc1N(C)CCc1ccccc1. The van der Waals surface area contributed by atoms with Crippen LogP contribution in [0.1, 0.15) is 18.1 Å². The smallest absolute Gasteiger partial charge is 0.129 e. The lowest BCUT2D eigenvalue weighted by Crippen LogP contribution is -2.24. The average Bonchev–Trinajstić information content (AvgIpc) is 2.52. The number of rotatable bonds is 7. The second-order valence-electron chi connectivity index (χ2n) is 5.17. The highest BCUT2D eigenvalue weighted by molar-refractivity contribution is 5.53. The van der Waals surface area contributed by atoms with Crippen LogP contribution in [0.4, 0.5) is 10.1 Å². The van der Waals surface area contributed by atoms with Gasteiger partial charge in [0.2, 0.25) is 0 Å². The molecule has 0 amide bonds. The van der Waals surface area contributed by atoms with Gasteiger partial charge in [-0.1, -0.05) is 43.3 Å². The molecule has 0 fully saturated rings. The van der Waals surface area contributed by atoms with Crippen molar-refractivity contribution in [3.05, 3.63) is 65.5 Å². The van der Waals surface area contributed by atoms with Gasteiger partial charge in [0, 0.05) is 31.4 Å². The minimum absolute atomic E-state index is 0.139. The molecule has 0 aliphatic carbocycles. The zero-order valence-corrected chi connectivity index (χ0v) is 12.8. The van der Waals surface area contributed by atoms with Crippen LogP contribution in [0.2, 0.25) is 0 Å². The Balaban J connectivity index is 2.07. The van der Waals surface area contributed by atoms with Crippen molar-refractivity contribution in [3.8, 4) is 0 Å². The second-order valence-corrected chi connectivity index (χ2v) is 5.17. The predicted molar refractivity (Wildman–Crippen MR) is 87.2 cm³/mol. The van der Waals surface area contributed by atoms with Gasteiger partial charge in [0.25, 0.3) is 0 Å². The maximum absolute atomic E-state index is 14.0. The number of hydrogen-bond acceptors (Lipinski definition) is 2. The highest BCUT2D eigenvalue weighted by Crippen LogP contribution is 2.22. The van der Waals surface area contributed by atoms with Crippen molar-refractivity contribution in [3.63, 3.8) is 0 Å². The largest absolute Gasteiger partial charge is 0.374 e. The summed E-state index contributed by atoms with van der Waals surface area (Å²) < 4.78 is 14.0. The van der Waals surface area contributed by atoms with E-state index < -0.39 is 0 Å². The Bertz CT molecular complexity index is 554. The fraction of sp³-hybridized carbons (Fsp3) is 0.333. The molecule has 0 spiro atoms. The Hall–Kier alpha value is -1.87. The summed E-state index contributed by atoms with van der Waals surface area (Å²) >= 11 is 0. The molecule has 0 radical (unpaired) electrons. The summed E-state index contributed by atoms with van der Waals surface area (Å²) in [7, 11) is 2.02. The van der Waals surface area contributed by atoms with Crippen molar-refractivity contribution in [2.75, 3.05) is 25.0 Å². The summed E-state index contributed by atoms with van der Waals surface area (Å²) in [6.45, 7) is 4.29. The molecule has 2 aromatic carbocycles. The lowest BCUT2D eigenvalue weighted by atomic mass is 10.1. The first-order valence-electron chi connectivity index (χ1n) is 7.45. The first-order valence-corrected chi connectivity index (χ1v) is 7.45. The molecule has 2 nitrogen and oxygen atoms in total. The van der Waals surface area contributed by atoms with E-state index in [9.17, 15) is 4.39 Å². The van der Waals surface area contributed by atoms with Crippen LogP contribution in [-0.4, -0.2) is 20.1 Å². The molecule has 0 saturated carbocycles. The first-order chi connectivity index (χ1) is 10.2. The van der Waals surface area contributed by atoms with Crippen molar-refractivity contribution in [2.45, 2.75) is 19.9 Å². The number of nitrogens with zero attached hydrogens (tertiary/aromatic N) is 1. The summed E-state index contributed by atoms with van der Waals surface area (Å²) in [5, 5.41) is 3.21. The topological polar surface area (TPSA) is 15.3 Å². The molecule has 0 heterocycles. The number of halogens is 1. The van der Waals surface area contributed by atoms with Crippen LogP contribution in [0.5, 0.6) is 0 Å². The normalized spacial score (nSPS) is 10.6. The number of anilines is 1. The second kappa shape index (κ2) is 7.79. The van der Waals surface area contributed by atoms with E-state index in [0.717, 1.165) is 30.8 Å². The molecular formula is C18H23FN2. The van der Waals surface area contributed by atoms with Gasteiger partial charge >= 0.3 is 0 Å². The zero-order chi connectivity index (χ0) is 15.1. The van der Waals surface area contributed by atoms with Crippen LogP contribution in [-0.2, 0) is 13.0 Å². The summed E-state index contributed by atoms with van der Waals surface area (Å²) in [6.07, 6.45) is 0.953. The Morgan fingerprint density at radius 1 is 1.05 bits per heavy atom. The van der Waals surface area contributed by atoms with E-state index >= 15 is 0 Å². The summed E-state index contributed by atoms with van der Waals surface area (Å²) in [4.78, 5) is 2.13. The van der Waals surface area contributed by atoms with E-state index in [4.69, 9.17) is 0 Å². The molecule has 0 aliphatic rings. The summed E-state index contributed by atoms with van der Waals surface area (Å²) in [6, 6.07) is 15.7. The van der Waals surface area contributed by atoms with Crippen LogP contribution >= 0.6 is 0 Å². The predicted octanol–water partition coefficient (Wildman–Crippen LogP) is 3.61. The molecule has 2 rings (SSSR count). The number of nitrogens with one attached hydrogen (secondary N) is 1. The molecule has 1 N–H and O–H groups in total. The van der Waals surface area contributed by atoms with Crippen LogP contribution in [0.25, 0.3) is 0 Å². The average molecular weight is 286 g/mol. The molecule has 112 valence electrons. The van der Waals surface area contributed by atoms with Crippen LogP contribution in [0, 0.1) is 5.82 Å². The Morgan fingerprint density at radius 2 is 1.81 bits per heavy atom. The lowest BCUT2D eigenvalue weighted by Gasteiger charge is -2.23. The van der Waals surface area contributed by atoms with Crippen molar-refractivity contribution in [1.29, 1.82) is 0 Å². The van der Waals surface area contributed by atoms with Gasteiger partial charge in [0.1, 0.15) is 5.82 Å². The zero-order valence-electron chi connectivity index (χ0n) is 12.8. The third-order valence-corrected chi connectivity index (χ3v) is 3.64. The van der Waals surface area contributed by atoms with Gasteiger partial charge in [0.05, 0.1) is 0 Å². The fourth-order valence-electron chi connectivity index (χ4n) is 2.39. The maximum Gasteiger partial charge on any atom is 0.129 e. The monoisotopic (exact) mass is 286 g/mol. The van der Waals surface area contributed by atoms with E-state index in [0.29, 0.717) is 6.54 Å². The van der Waals surface area contributed by atoms with Crippen LogP contribution in [0.15, 0.2) is 48.5 Å². The van der Waals surface area contributed by atoms with E-state index in [1.54, 1.807) is 6.07 Å².